The van der Waals surface area contributed by atoms with Crippen molar-refractivity contribution < 1.29 is 18.3 Å². The summed E-state index contributed by atoms with van der Waals surface area (Å²) in [5.41, 5.74) is 0.988. The van der Waals surface area contributed by atoms with E-state index in [2.05, 4.69) is 22.4 Å². The Balaban J connectivity index is 1.64. The van der Waals surface area contributed by atoms with Crippen molar-refractivity contribution >= 4 is 6.03 Å². The number of carbonyl (C=O) groups is 1. The van der Waals surface area contributed by atoms with E-state index in [1.807, 2.05) is 18.2 Å². The van der Waals surface area contributed by atoms with E-state index in [4.69, 9.17) is 4.74 Å². The van der Waals surface area contributed by atoms with Gasteiger partial charge in [0, 0.05) is 44.6 Å². The standard InChI is InChI=1S/C19H24F2N4O2/c1-24(13-16-22-9-10-25(16)17(20)21)18(26)23-14-19(7-11-27-12-8-19)15-5-3-2-4-6-15/h2-6,9-10,17H,7-8,11-14H2,1H3,(H,23,26). The van der Waals surface area contributed by atoms with Crippen molar-refractivity contribution in [3.8, 4) is 0 Å². The normalized spacial score (nSPS) is 16.3. The number of benzene rings is 1. The zero-order valence-electron chi connectivity index (χ0n) is 15.3. The second-order valence-electron chi connectivity index (χ2n) is 6.80. The molecule has 1 aromatic carbocycles. The summed E-state index contributed by atoms with van der Waals surface area (Å²) in [5, 5.41) is 2.96. The molecule has 146 valence electrons. The third-order valence-corrected chi connectivity index (χ3v) is 5.10. The van der Waals surface area contributed by atoms with Crippen molar-refractivity contribution in [3.63, 3.8) is 0 Å². The maximum absolute atomic E-state index is 12.9. The third kappa shape index (κ3) is 4.44. The largest absolute Gasteiger partial charge is 0.381 e. The predicted molar refractivity (Wildman–Crippen MR) is 96.5 cm³/mol. The van der Waals surface area contributed by atoms with Crippen molar-refractivity contribution in [2.24, 2.45) is 0 Å². The fourth-order valence-corrected chi connectivity index (χ4v) is 3.43. The highest BCUT2D eigenvalue weighted by Crippen LogP contribution is 2.34. The summed E-state index contributed by atoms with van der Waals surface area (Å²) in [6, 6.07) is 9.77. The quantitative estimate of drug-likeness (QED) is 0.840. The van der Waals surface area contributed by atoms with Crippen molar-refractivity contribution in [1.29, 1.82) is 0 Å². The molecule has 2 heterocycles. The molecular weight excluding hydrogens is 354 g/mol. The Morgan fingerprint density at radius 2 is 2.04 bits per heavy atom. The lowest BCUT2D eigenvalue weighted by atomic mass is 9.74. The van der Waals surface area contributed by atoms with Gasteiger partial charge in [-0.25, -0.2) is 9.78 Å². The molecule has 0 unspecified atom stereocenters. The van der Waals surface area contributed by atoms with Crippen LogP contribution in [0.25, 0.3) is 0 Å². The summed E-state index contributed by atoms with van der Waals surface area (Å²) in [6.45, 7) is -0.918. The highest BCUT2D eigenvalue weighted by molar-refractivity contribution is 5.73. The summed E-state index contributed by atoms with van der Waals surface area (Å²) >= 11 is 0. The molecule has 1 fully saturated rings. The number of hydrogen-bond donors (Lipinski definition) is 1. The van der Waals surface area contributed by atoms with E-state index in [9.17, 15) is 13.6 Å². The zero-order chi connectivity index (χ0) is 19.3. The SMILES string of the molecule is CN(Cc1nccn1C(F)F)C(=O)NCC1(c2ccccc2)CCOCC1. The van der Waals surface area contributed by atoms with Crippen molar-refractivity contribution in [3.05, 3.63) is 54.1 Å². The molecule has 27 heavy (non-hydrogen) atoms. The summed E-state index contributed by atoms with van der Waals surface area (Å²) in [5.74, 6) is 0.145. The van der Waals surface area contributed by atoms with Gasteiger partial charge in [0.05, 0.1) is 6.54 Å². The van der Waals surface area contributed by atoms with Crippen LogP contribution < -0.4 is 5.32 Å². The Morgan fingerprint density at radius 1 is 1.33 bits per heavy atom. The number of nitrogens with zero attached hydrogens (tertiary/aromatic N) is 3. The molecule has 1 saturated heterocycles. The Bertz CT molecular complexity index is 745. The first kappa shape index (κ1) is 19.3. The highest BCUT2D eigenvalue weighted by atomic mass is 19.3. The van der Waals surface area contributed by atoms with Crippen LogP contribution in [0.5, 0.6) is 0 Å². The molecule has 1 N–H and O–H groups in total. The summed E-state index contributed by atoms with van der Waals surface area (Å²) < 4.78 is 32.1. The first-order valence-electron chi connectivity index (χ1n) is 8.94. The lowest BCUT2D eigenvalue weighted by Crippen LogP contribution is -2.47. The lowest BCUT2D eigenvalue weighted by molar-refractivity contribution is 0.0501. The molecule has 3 rings (SSSR count). The van der Waals surface area contributed by atoms with Crippen LogP contribution in [0.2, 0.25) is 0 Å². The molecule has 6 nitrogen and oxygen atoms in total. The van der Waals surface area contributed by atoms with Crippen molar-refractivity contribution in [2.45, 2.75) is 31.4 Å². The van der Waals surface area contributed by atoms with Crippen LogP contribution in [-0.4, -0.2) is 47.3 Å². The van der Waals surface area contributed by atoms with E-state index >= 15 is 0 Å². The molecule has 0 bridgehead atoms. The number of imidazole rings is 1. The molecule has 8 heteroatoms. The van der Waals surface area contributed by atoms with Crippen LogP contribution in [0.1, 0.15) is 30.8 Å². The summed E-state index contributed by atoms with van der Waals surface area (Å²) in [6.07, 6.45) is 4.14. The van der Waals surface area contributed by atoms with E-state index in [-0.39, 0.29) is 23.8 Å². The zero-order valence-corrected chi connectivity index (χ0v) is 15.3. The van der Waals surface area contributed by atoms with Gasteiger partial charge in [0.2, 0.25) is 0 Å². The molecular formula is C19H24F2N4O2. The Hall–Kier alpha value is -2.48. The van der Waals surface area contributed by atoms with Gasteiger partial charge in [-0.1, -0.05) is 30.3 Å². The minimum Gasteiger partial charge on any atom is -0.381 e. The van der Waals surface area contributed by atoms with Gasteiger partial charge in [-0.3, -0.25) is 4.57 Å². The van der Waals surface area contributed by atoms with E-state index in [1.165, 1.54) is 22.9 Å². The van der Waals surface area contributed by atoms with Gasteiger partial charge in [-0.05, 0) is 18.4 Å². The molecule has 0 aliphatic carbocycles. The number of aromatic nitrogens is 2. The van der Waals surface area contributed by atoms with Crippen molar-refractivity contribution in [2.75, 3.05) is 26.8 Å². The number of rotatable bonds is 6. The Labute approximate surface area is 157 Å². The fourth-order valence-electron chi connectivity index (χ4n) is 3.43. The number of alkyl halides is 2. The number of amides is 2. The molecule has 2 amide bonds. The van der Waals surface area contributed by atoms with Gasteiger partial charge >= 0.3 is 12.6 Å². The van der Waals surface area contributed by atoms with E-state index in [0.717, 1.165) is 17.4 Å². The second kappa shape index (κ2) is 8.47. The minimum absolute atomic E-state index is 0.00458. The fraction of sp³-hybridized carbons (Fsp3) is 0.474. The van der Waals surface area contributed by atoms with Gasteiger partial charge < -0.3 is 15.0 Å². The summed E-state index contributed by atoms with van der Waals surface area (Å²) in [4.78, 5) is 17.8. The Kier molecular flexibility index (Phi) is 6.05. The molecule has 0 atom stereocenters. The summed E-state index contributed by atoms with van der Waals surface area (Å²) in [7, 11) is 1.57. The number of hydrogen-bond acceptors (Lipinski definition) is 3. The topological polar surface area (TPSA) is 59.4 Å². The number of ether oxygens (including phenoxy) is 1. The van der Waals surface area contributed by atoms with Crippen molar-refractivity contribution in [1.82, 2.24) is 19.8 Å². The third-order valence-electron chi connectivity index (χ3n) is 5.10. The molecule has 0 saturated carbocycles. The van der Waals surface area contributed by atoms with E-state index in [0.29, 0.717) is 19.8 Å². The predicted octanol–water partition coefficient (Wildman–Crippen LogP) is 3.17. The molecule has 2 aromatic rings. The first-order chi connectivity index (χ1) is 13.0. The lowest BCUT2D eigenvalue weighted by Gasteiger charge is -2.38. The van der Waals surface area contributed by atoms with Gasteiger partial charge in [0.15, 0.2) is 0 Å². The number of nitrogens with one attached hydrogen (secondary N) is 1. The molecule has 0 radical (unpaired) electrons. The van der Waals surface area contributed by atoms with Crippen LogP contribution >= 0.6 is 0 Å². The highest BCUT2D eigenvalue weighted by Gasteiger charge is 2.35. The van der Waals surface area contributed by atoms with Crippen LogP contribution in [0, 0.1) is 0 Å². The van der Waals surface area contributed by atoms with Crippen LogP contribution in [0.4, 0.5) is 13.6 Å². The number of urea groups is 1. The first-order valence-corrected chi connectivity index (χ1v) is 8.94. The van der Waals surface area contributed by atoms with Crippen LogP contribution in [0.3, 0.4) is 0 Å². The Morgan fingerprint density at radius 3 is 2.70 bits per heavy atom. The molecule has 1 aliphatic heterocycles. The average Bonchev–Trinajstić information content (AvgIpc) is 3.16. The van der Waals surface area contributed by atoms with Gasteiger partial charge in [0.25, 0.3) is 0 Å². The van der Waals surface area contributed by atoms with Gasteiger partial charge in [-0.15, -0.1) is 0 Å². The molecule has 1 aliphatic rings. The second-order valence-corrected chi connectivity index (χ2v) is 6.80. The maximum atomic E-state index is 12.9. The van der Waals surface area contributed by atoms with E-state index in [1.54, 1.807) is 7.05 Å². The maximum Gasteiger partial charge on any atom is 0.319 e. The minimum atomic E-state index is -2.68. The number of carbonyl (C=O) groups excluding carboxylic acids is 1. The van der Waals surface area contributed by atoms with Crippen LogP contribution in [0.15, 0.2) is 42.7 Å². The number of halogens is 2. The average molecular weight is 378 g/mol. The van der Waals surface area contributed by atoms with Crippen LogP contribution in [-0.2, 0) is 16.7 Å². The van der Waals surface area contributed by atoms with E-state index < -0.39 is 6.55 Å². The molecule has 0 spiro atoms. The monoisotopic (exact) mass is 378 g/mol. The molecule has 1 aromatic heterocycles. The van der Waals surface area contributed by atoms with Gasteiger partial charge in [0.1, 0.15) is 5.82 Å². The smallest absolute Gasteiger partial charge is 0.319 e. The van der Waals surface area contributed by atoms with Gasteiger partial charge in [-0.2, -0.15) is 8.78 Å².